The van der Waals surface area contributed by atoms with Crippen LogP contribution in [0.2, 0.25) is 0 Å². The number of carbonyl (C=O) groups is 2. The lowest BCUT2D eigenvalue weighted by Gasteiger charge is -2.46. The molecule has 0 aromatic rings. The molecule has 1 spiro atoms. The molecule has 9 atom stereocenters. The van der Waals surface area contributed by atoms with Gasteiger partial charge in [0.05, 0.1) is 30.3 Å². The third kappa shape index (κ3) is 2.67. The molecule has 2 N–H and O–H groups in total. The lowest BCUT2D eigenvalue weighted by molar-refractivity contribution is -0.228. The van der Waals surface area contributed by atoms with Crippen molar-refractivity contribution in [2.75, 3.05) is 6.61 Å². The summed E-state index contributed by atoms with van der Waals surface area (Å²) in [5.74, 6) is -1.77. The predicted molar refractivity (Wildman–Crippen MR) is 97.9 cm³/mol. The summed E-state index contributed by atoms with van der Waals surface area (Å²) in [6.07, 6.45) is -0.329. The first-order chi connectivity index (χ1) is 13.2. The maximum atomic E-state index is 12.9. The van der Waals surface area contributed by atoms with Gasteiger partial charge in [-0.25, -0.2) is 9.59 Å². The van der Waals surface area contributed by atoms with E-state index in [9.17, 15) is 19.8 Å². The molecule has 7 nitrogen and oxygen atoms in total. The van der Waals surface area contributed by atoms with Gasteiger partial charge in [-0.05, 0) is 25.2 Å². The molecular formula is C21H28O7. The molecule has 2 aliphatic carbocycles. The van der Waals surface area contributed by atoms with Crippen LogP contribution in [-0.2, 0) is 23.8 Å². The fraction of sp³-hybridized carbons (Fsp3) is 0.714. The van der Waals surface area contributed by atoms with Gasteiger partial charge in [-0.3, -0.25) is 0 Å². The molecule has 7 heteroatoms. The lowest BCUT2D eigenvalue weighted by Crippen LogP contribution is -2.61. The Morgan fingerprint density at radius 2 is 2.07 bits per heavy atom. The van der Waals surface area contributed by atoms with E-state index in [0.29, 0.717) is 19.3 Å². The zero-order chi connectivity index (χ0) is 20.4. The van der Waals surface area contributed by atoms with Crippen molar-refractivity contribution in [1.82, 2.24) is 0 Å². The number of carbonyl (C=O) groups excluding carboxylic acids is 2. The van der Waals surface area contributed by atoms with Crippen molar-refractivity contribution in [3.63, 3.8) is 0 Å². The van der Waals surface area contributed by atoms with Crippen molar-refractivity contribution >= 4 is 11.9 Å². The zero-order valence-electron chi connectivity index (χ0n) is 16.3. The monoisotopic (exact) mass is 392 g/mol. The van der Waals surface area contributed by atoms with E-state index in [4.69, 9.17) is 14.2 Å². The van der Waals surface area contributed by atoms with Crippen molar-refractivity contribution in [1.29, 1.82) is 0 Å². The highest BCUT2D eigenvalue weighted by Crippen LogP contribution is 2.58. The van der Waals surface area contributed by atoms with E-state index in [-0.39, 0.29) is 29.4 Å². The molecule has 2 heterocycles. The summed E-state index contributed by atoms with van der Waals surface area (Å²) in [5, 5.41) is 19.7. The number of rotatable bonds is 3. The summed E-state index contributed by atoms with van der Waals surface area (Å²) >= 11 is 0. The van der Waals surface area contributed by atoms with Gasteiger partial charge in [-0.15, -0.1) is 0 Å². The number of hydrogen-bond acceptors (Lipinski definition) is 7. The first kappa shape index (κ1) is 19.6. The molecule has 0 radical (unpaired) electrons. The highest BCUT2D eigenvalue weighted by molar-refractivity contribution is 5.88. The van der Waals surface area contributed by atoms with E-state index in [1.807, 2.05) is 13.8 Å². The van der Waals surface area contributed by atoms with E-state index >= 15 is 0 Å². The highest BCUT2D eigenvalue weighted by Gasteiger charge is 2.70. The summed E-state index contributed by atoms with van der Waals surface area (Å²) in [5.41, 5.74) is -0.288. The molecule has 4 rings (SSSR count). The van der Waals surface area contributed by atoms with E-state index in [2.05, 4.69) is 13.2 Å². The summed E-state index contributed by atoms with van der Waals surface area (Å²) < 4.78 is 17.5. The third-order valence-electron chi connectivity index (χ3n) is 7.16. The van der Waals surface area contributed by atoms with Crippen molar-refractivity contribution in [3.8, 4) is 0 Å². The molecule has 4 fully saturated rings. The average Bonchev–Trinajstić information content (AvgIpc) is 3.04. The molecule has 0 bridgehead atoms. The number of esters is 2. The predicted octanol–water partition coefficient (Wildman–Crippen LogP) is 1.13. The van der Waals surface area contributed by atoms with Gasteiger partial charge in [-0.2, -0.15) is 0 Å². The van der Waals surface area contributed by atoms with Gasteiger partial charge in [0.1, 0.15) is 12.2 Å². The minimum absolute atomic E-state index is 0.0114. The number of aliphatic hydroxyl groups excluding tert-OH is 2. The van der Waals surface area contributed by atoms with E-state index in [1.54, 1.807) is 0 Å². The first-order valence-corrected chi connectivity index (χ1v) is 9.93. The van der Waals surface area contributed by atoms with Gasteiger partial charge in [0.25, 0.3) is 0 Å². The normalized spacial score (nSPS) is 47.0. The van der Waals surface area contributed by atoms with Crippen LogP contribution < -0.4 is 0 Å². The third-order valence-corrected chi connectivity index (χ3v) is 7.16. The van der Waals surface area contributed by atoms with Crippen LogP contribution in [0.15, 0.2) is 24.3 Å². The SMILES string of the molecule is C=C(CO)C(=O)OC1CC(=C)C2CC(O)C(C)C2C2OC(=O)C3(CC(C)O3)C12. The quantitative estimate of drug-likeness (QED) is 0.422. The second-order valence-corrected chi connectivity index (χ2v) is 8.83. The van der Waals surface area contributed by atoms with Crippen LogP contribution in [0, 0.1) is 23.7 Å². The van der Waals surface area contributed by atoms with Crippen LogP contribution in [-0.4, -0.2) is 58.8 Å². The van der Waals surface area contributed by atoms with Crippen LogP contribution >= 0.6 is 0 Å². The maximum Gasteiger partial charge on any atom is 0.339 e. The molecule has 2 aliphatic heterocycles. The molecule has 0 aromatic carbocycles. The second kappa shape index (κ2) is 6.68. The highest BCUT2D eigenvalue weighted by atomic mass is 16.6. The Bertz CT molecular complexity index is 722. The summed E-state index contributed by atoms with van der Waals surface area (Å²) in [7, 11) is 0. The van der Waals surface area contributed by atoms with Gasteiger partial charge < -0.3 is 24.4 Å². The smallest absolute Gasteiger partial charge is 0.339 e. The van der Waals surface area contributed by atoms with Crippen LogP contribution in [0.5, 0.6) is 0 Å². The Labute approximate surface area is 164 Å². The number of hydrogen-bond donors (Lipinski definition) is 2. The summed E-state index contributed by atoms with van der Waals surface area (Å²) in [6.45, 7) is 11.1. The average molecular weight is 392 g/mol. The molecule has 9 unspecified atom stereocenters. The Hall–Kier alpha value is -1.70. The first-order valence-electron chi connectivity index (χ1n) is 9.93. The minimum Gasteiger partial charge on any atom is -0.459 e. The van der Waals surface area contributed by atoms with Crippen molar-refractivity contribution in [2.24, 2.45) is 23.7 Å². The van der Waals surface area contributed by atoms with Crippen LogP contribution in [0.1, 0.15) is 33.1 Å². The molecule has 4 aliphatic rings. The molecule has 0 amide bonds. The van der Waals surface area contributed by atoms with E-state index in [1.165, 1.54) is 0 Å². The number of aliphatic hydroxyl groups is 2. The fourth-order valence-electron chi connectivity index (χ4n) is 5.81. The van der Waals surface area contributed by atoms with E-state index < -0.39 is 48.4 Å². The molecule has 2 saturated carbocycles. The van der Waals surface area contributed by atoms with Crippen molar-refractivity contribution in [3.05, 3.63) is 24.3 Å². The lowest BCUT2D eigenvalue weighted by atomic mass is 9.71. The molecular weight excluding hydrogens is 364 g/mol. The maximum absolute atomic E-state index is 12.9. The van der Waals surface area contributed by atoms with Gasteiger partial charge >= 0.3 is 11.9 Å². The second-order valence-electron chi connectivity index (χ2n) is 8.83. The van der Waals surface area contributed by atoms with Gasteiger partial charge in [0.2, 0.25) is 0 Å². The molecule has 2 saturated heterocycles. The Balaban J connectivity index is 1.73. The van der Waals surface area contributed by atoms with Crippen LogP contribution in [0.25, 0.3) is 0 Å². The molecule has 28 heavy (non-hydrogen) atoms. The van der Waals surface area contributed by atoms with Crippen molar-refractivity contribution < 1.29 is 34.0 Å². The molecule has 0 aromatic heterocycles. The summed E-state index contributed by atoms with van der Waals surface area (Å²) in [6, 6.07) is 0. The largest absolute Gasteiger partial charge is 0.459 e. The molecule has 154 valence electrons. The van der Waals surface area contributed by atoms with Gasteiger partial charge in [0, 0.05) is 18.8 Å². The minimum atomic E-state index is -1.13. The number of fused-ring (bicyclic) bond motifs is 4. The number of ether oxygens (including phenoxy) is 3. The van der Waals surface area contributed by atoms with Gasteiger partial charge in [0.15, 0.2) is 5.60 Å². The summed E-state index contributed by atoms with van der Waals surface area (Å²) in [4.78, 5) is 25.2. The van der Waals surface area contributed by atoms with Crippen LogP contribution in [0.4, 0.5) is 0 Å². The Morgan fingerprint density at radius 3 is 2.68 bits per heavy atom. The topological polar surface area (TPSA) is 102 Å². The Kier molecular flexibility index (Phi) is 4.68. The van der Waals surface area contributed by atoms with E-state index in [0.717, 1.165) is 5.57 Å². The van der Waals surface area contributed by atoms with Crippen LogP contribution in [0.3, 0.4) is 0 Å². The fourth-order valence-corrected chi connectivity index (χ4v) is 5.81. The Morgan fingerprint density at radius 1 is 1.39 bits per heavy atom. The standard InChI is InChI=1S/C21H28O7/c1-9-5-15(26-19(24)10(2)8-22)17-18(16-12(4)14(23)6-13(9)16)27-20(25)21(17)7-11(3)28-21/h11-18,22-23H,1-2,5-8H2,3-4H3. The van der Waals surface area contributed by atoms with Gasteiger partial charge in [-0.1, -0.05) is 25.7 Å². The van der Waals surface area contributed by atoms with Crippen molar-refractivity contribution in [2.45, 2.75) is 63.1 Å². The zero-order valence-corrected chi connectivity index (χ0v) is 16.3.